The molecule has 0 unspecified atom stereocenters. The molecule has 0 atom stereocenters. The van der Waals surface area contributed by atoms with Crippen molar-refractivity contribution in [1.29, 1.82) is 0 Å². The van der Waals surface area contributed by atoms with Gasteiger partial charge in [0.05, 0.1) is 0 Å². The Morgan fingerprint density at radius 3 is 2.73 bits per heavy atom. The molecule has 1 fully saturated rings. The van der Waals surface area contributed by atoms with Gasteiger partial charge in [-0.2, -0.15) is 0 Å². The molecule has 2 amide bonds. The van der Waals surface area contributed by atoms with Crippen LogP contribution in [0.1, 0.15) is 36.0 Å². The van der Waals surface area contributed by atoms with Crippen molar-refractivity contribution >= 4 is 17.6 Å². The molecular formula is C16H24N4O2. The topological polar surface area (TPSA) is 65.5 Å². The Morgan fingerprint density at radius 1 is 1.32 bits per heavy atom. The number of nitrogens with one attached hydrogen (secondary N) is 1. The van der Waals surface area contributed by atoms with E-state index in [0.717, 1.165) is 25.9 Å². The highest BCUT2D eigenvalue weighted by Crippen LogP contribution is 2.16. The van der Waals surface area contributed by atoms with Crippen LogP contribution in [0, 0.1) is 0 Å². The Morgan fingerprint density at radius 2 is 2.05 bits per heavy atom. The molecule has 1 N–H and O–H groups in total. The lowest BCUT2D eigenvalue weighted by atomic mass is 10.1. The third-order valence-corrected chi connectivity index (χ3v) is 3.98. The summed E-state index contributed by atoms with van der Waals surface area (Å²) in [5, 5.41) is 2.60. The maximum atomic E-state index is 12.5. The number of anilines is 1. The van der Waals surface area contributed by atoms with Gasteiger partial charge in [0.1, 0.15) is 5.82 Å². The molecule has 0 saturated carbocycles. The number of hydrogen-bond donors (Lipinski definition) is 1. The second-order valence-electron chi connectivity index (χ2n) is 5.60. The maximum Gasteiger partial charge on any atom is 0.254 e. The van der Waals surface area contributed by atoms with Crippen LogP contribution in [0.4, 0.5) is 5.82 Å². The van der Waals surface area contributed by atoms with E-state index in [1.54, 1.807) is 25.4 Å². The number of pyridine rings is 1. The molecule has 1 aliphatic heterocycles. The first-order valence-electron chi connectivity index (χ1n) is 7.79. The van der Waals surface area contributed by atoms with Gasteiger partial charge < -0.3 is 15.1 Å². The zero-order valence-corrected chi connectivity index (χ0v) is 13.3. The summed E-state index contributed by atoms with van der Waals surface area (Å²) in [6.45, 7) is 2.24. The summed E-state index contributed by atoms with van der Waals surface area (Å²) in [6, 6.07) is 3.56. The van der Waals surface area contributed by atoms with E-state index in [0.29, 0.717) is 24.3 Å². The van der Waals surface area contributed by atoms with Gasteiger partial charge in [-0.1, -0.05) is 0 Å². The summed E-state index contributed by atoms with van der Waals surface area (Å²) in [5.41, 5.74) is 0.665. The average Bonchev–Trinajstić information content (AvgIpc) is 2.59. The van der Waals surface area contributed by atoms with Gasteiger partial charge in [-0.3, -0.25) is 9.59 Å². The molecule has 6 heteroatoms. The van der Waals surface area contributed by atoms with Crippen molar-refractivity contribution in [3.05, 3.63) is 23.9 Å². The lowest BCUT2D eigenvalue weighted by Gasteiger charge is -2.27. The van der Waals surface area contributed by atoms with E-state index in [1.165, 1.54) is 6.42 Å². The van der Waals surface area contributed by atoms with E-state index in [9.17, 15) is 9.59 Å². The summed E-state index contributed by atoms with van der Waals surface area (Å²) in [5.74, 6) is 0.780. The number of hydrogen-bond acceptors (Lipinski definition) is 4. The average molecular weight is 304 g/mol. The Labute approximate surface area is 131 Å². The molecule has 0 bridgehead atoms. The lowest BCUT2D eigenvalue weighted by molar-refractivity contribution is -0.120. The molecule has 6 nitrogen and oxygen atoms in total. The van der Waals surface area contributed by atoms with Crippen molar-refractivity contribution in [2.45, 2.75) is 25.7 Å². The van der Waals surface area contributed by atoms with Crippen molar-refractivity contribution in [3.63, 3.8) is 0 Å². The molecule has 1 aromatic rings. The van der Waals surface area contributed by atoms with Crippen molar-refractivity contribution in [2.75, 3.05) is 38.6 Å². The quantitative estimate of drug-likeness (QED) is 0.890. The highest BCUT2D eigenvalue weighted by Gasteiger charge is 2.19. The third-order valence-electron chi connectivity index (χ3n) is 3.98. The first kappa shape index (κ1) is 16.3. The number of amides is 2. The van der Waals surface area contributed by atoms with Crippen molar-refractivity contribution < 1.29 is 9.59 Å². The van der Waals surface area contributed by atoms with Crippen LogP contribution >= 0.6 is 0 Å². The van der Waals surface area contributed by atoms with E-state index in [2.05, 4.69) is 10.3 Å². The second-order valence-corrected chi connectivity index (χ2v) is 5.60. The van der Waals surface area contributed by atoms with Gasteiger partial charge in [-0.25, -0.2) is 4.98 Å². The standard InChI is InChI=1S/C16H24N4O2/c1-17-15(21)7-11-19(2)14-12-13(6-8-18-14)16(22)20-9-4-3-5-10-20/h6,8,12H,3-5,7,9-11H2,1-2H3,(H,17,21). The lowest BCUT2D eigenvalue weighted by Crippen LogP contribution is -2.35. The monoisotopic (exact) mass is 304 g/mol. The number of carbonyl (C=O) groups is 2. The number of carbonyl (C=O) groups excluding carboxylic acids is 2. The molecule has 1 saturated heterocycles. The van der Waals surface area contributed by atoms with Gasteiger partial charge in [-0.05, 0) is 31.4 Å². The summed E-state index contributed by atoms with van der Waals surface area (Å²) in [6.07, 6.45) is 5.42. The minimum absolute atomic E-state index is 0.00704. The molecule has 0 spiro atoms. The zero-order chi connectivity index (χ0) is 15.9. The van der Waals surface area contributed by atoms with Gasteiger partial charge in [0.15, 0.2) is 0 Å². The summed E-state index contributed by atoms with van der Waals surface area (Å²) in [4.78, 5) is 31.9. The molecule has 1 aromatic heterocycles. The Bertz CT molecular complexity index is 527. The van der Waals surface area contributed by atoms with Crippen LogP contribution in [-0.2, 0) is 4.79 Å². The smallest absolute Gasteiger partial charge is 0.254 e. The van der Waals surface area contributed by atoms with E-state index in [-0.39, 0.29) is 11.8 Å². The van der Waals surface area contributed by atoms with Gasteiger partial charge in [0.25, 0.3) is 5.91 Å². The van der Waals surface area contributed by atoms with Gasteiger partial charge in [0.2, 0.25) is 5.91 Å². The molecule has 22 heavy (non-hydrogen) atoms. The van der Waals surface area contributed by atoms with Gasteiger partial charge >= 0.3 is 0 Å². The van der Waals surface area contributed by atoms with Crippen LogP contribution in [0.3, 0.4) is 0 Å². The molecule has 0 aromatic carbocycles. The van der Waals surface area contributed by atoms with Crippen molar-refractivity contribution in [2.24, 2.45) is 0 Å². The van der Waals surface area contributed by atoms with Crippen LogP contribution < -0.4 is 10.2 Å². The number of aromatic nitrogens is 1. The predicted octanol–water partition coefficient (Wildman–Crippen LogP) is 1.28. The molecule has 0 aliphatic carbocycles. The number of likely N-dealkylation sites (tertiary alicyclic amines) is 1. The van der Waals surface area contributed by atoms with E-state index < -0.39 is 0 Å². The first-order chi connectivity index (χ1) is 10.6. The zero-order valence-electron chi connectivity index (χ0n) is 13.3. The summed E-state index contributed by atoms with van der Waals surface area (Å²) >= 11 is 0. The summed E-state index contributed by atoms with van der Waals surface area (Å²) < 4.78 is 0. The largest absolute Gasteiger partial charge is 0.359 e. The minimum Gasteiger partial charge on any atom is -0.359 e. The van der Waals surface area contributed by atoms with Crippen LogP contribution in [0.2, 0.25) is 0 Å². The second kappa shape index (κ2) is 7.77. The highest BCUT2D eigenvalue weighted by molar-refractivity contribution is 5.94. The Hall–Kier alpha value is -2.11. The van der Waals surface area contributed by atoms with Gasteiger partial charge in [-0.15, -0.1) is 0 Å². The van der Waals surface area contributed by atoms with Crippen LogP contribution in [0.15, 0.2) is 18.3 Å². The normalized spacial score (nSPS) is 14.5. The highest BCUT2D eigenvalue weighted by atomic mass is 16.2. The molecule has 120 valence electrons. The van der Waals surface area contributed by atoms with E-state index >= 15 is 0 Å². The fraction of sp³-hybridized carbons (Fsp3) is 0.562. The van der Waals surface area contributed by atoms with Crippen molar-refractivity contribution in [1.82, 2.24) is 15.2 Å². The SMILES string of the molecule is CNC(=O)CCN(C)c1cc(C(=O)N2CCCCC2)ccn1. The van der Waals surface area contributed by atoms with Crippen LogP contribution in [0.25, 0.3) is 0 Å². The Kier molecular flexibility index (Phi) is 5.75. The molecular weight excluding hydrogens is 280 g/mol. The first-order valence-corrected chi connectivity index (χ1v) is 7.79. The number of rotatable bonds is 5. The molecule has 0 radical (unpaired) electrons. The maximum absolute atomic E-state index is 12.5. The van der Waals surface area contributed by atoms with Crippen molar-refractivity contribution in [3.8, 4) is 0 Å². The summed E-state index contributed by atoms with van der Waals surface area (Å²) in [7, 11) is 3.50. The molecule has 1 aliphatic rings. The molecule has 2 rings (SSSR count). The van der Waals surface area contributed by atoms with E-state index in [1.807, 2.05) is 16.8 Å². The van der Waals surface area contributed by atoms with Crippen LogP contribution in [0.5, 0.6) is 0 Å². The minimum atomic E-state index is -0.00704. The predicted molar refractivity (Wildman–Crippen MR) is 85.9 cm³/mol. The van der Waals surface area contributed by atoms with E-state index in [4.69, 9.17) is 0 Å². The van der Waals surface area contributed by atoms with Gasteiger partial charge in [0, 0.05) is 51.9 Å². The Balaban J connectivity index is 2.02. The molecule has 2 heterocycles. The fourth-order valence-corrected chi connectivity index (χ4v) is 2.55. The fourth-order valence-electron chi connectivity index (χ4n) is 2.55. The third kappa shape index (κ3) is 4.19. The number of nitrogens with zero attached hydrogens (tertiary/aromatic N) is 3. The number of piperidine rings is 1. The van der Waals surface area contributed by atoms with Crippen LogP contribution in [-0.4, -0.2) is 55.4 Å².